The lowest BCUT2D eigenvalue weighted by atomic mass is 9.91. The summed E-state index contributed by atoms with van der Waals surface area (Å²) in [6.07, 6.45) is 1.55. The fraction of sp³-hybridized carbons (Fsp3) is 0.579. The molecule has 0 atom stereocenters. The number of benzene rings is 1. The van der Waals surface area contributed by atoms with E-state index in [4.69, 9.17) is 4.74 Å². The van der Waals surface area contributed by atoms with E-state index in [0.717, 1.165) is 31.5 Å². The Morgan fingerprint density at radius 1 is 1.24 bits per heavy atom. The maximum Gasteiger partial charge on any atom is 0.407 e. The summed E-state index contributed by atoms with van der Waals surface area (Å²) in [4.78, 5) is 21.3. The highest BCUT2D eigenvalue weighted by Crippen LogP contribution is 2.17. The summed E-state index contributed by atoms with van der Waals surface area (Å²) in [5, 5.41) is 6.24. The molecule has 140 valence electrons. The molecule has 25 heavy (non-hydrogen) atoms. The second kappa shape index (κ2) is 10.0. The predicted octanol–water partition coefficient (Wildman–Crippen LogP) is 3.01. The van der Waals surface area contributed by atoms with Gasteiger partial charge in [0.15, 0.2) is 0 Å². The quantitative estimate of drug-likeness (QED) is 0.816. The first-order valence-electron chi connectivity index (χ1n) is 8.55. The molecule has 0 bridgehead atoms. The molecule has 6 nitrogen and oxygen atoms in total. The number of nitrogens with one attached hydrogen (secondary N) is 2. The predicted molar refractivity (Wildman–Crippen MR) is 97.2 cm³/mol. The van der Waals surface area contributed by atoms with Crippen molar-refractivity contribution in [1.82, 2.24) is 10.6 Å². The lowest BCUT2D eigenvalue weighted by molar-refractivity contribution is -0.138. The first kappa shape index (κ1) is 21.0. The lowest BCUT2D eigenvalue weighted by Crippen LogP contribution is -2.52. The van der Waals surface area contributed by atoms with Crippen LogP contribution in [0.15, 0.2) is 30.3 Å². The van der Waals surface area contributed by atoms with Gasteiger partial charge >= 0.3 is 6.09 Å². The summed E-state index contributed by atoms with van der Waals surface area (Å²) in [7, 11) is 0. The van der Waals surface area contributed by atoms with Gasteiger partial charge in [-0.1, -0.05) is 30.3 Å². The van der Waals surface area contributed by atoms with Crippen molar-refractivity contribution in [1.29, 1.82) is 0 Å². The Balaban J connectivity index is 0.000000381. The van der Waals surface area contributed by atoms with Crippen molar-refractivity contribution in [2.75, 3.05) is 13.1 Å². The molecule has 1 amide bonds. The fourth-order valence-corrected chi connectivity index (χ4v) is 2.25. The Hall–Kier alpha value is -2.08. The number of carbonyl (C=O) groups excluding carboxylic acids is 2. The van der Waals surface area contributed by atoms with Crippen molar-refractivity contribution in [3.05, 3.63) is 35.9 Å². The third-order valence-electron chi connectivity index (χ3n) is 3.73. The van der Waals surface area contributed by atoms with Gasteiger partial charge in [0, 0.05) is 5.54 Å². The molecule has 1 fully saturated rings. The number of carbonyl (C=O) groups is 2. The van der Waals surface area contributed by atoms with E-state index < -0.39 is 0 Å². The molecule has 0 unspecified atom stereocenters. The molecule has 0 spiro atoms. The van der Waals surface area contributed by atoms with Gasteiger partial charge in [0.05, 0.1) is 0 Å². The summed E-state index contributed by atoms with van der Waals surface area (Å²) in [6.45, 7) is 10.2. The Morgan fingerprint density at radius 2 is 1.84 bits per heavy atom. The minimum absolute atomic E-state index is 0.140. The van der Waals surface area contributed by atoms with Crippen LogP contribution in [0.5, 0.6) is 0 Å². The van der Waals surface area contributed by atoms with E-state index in [1.165, 1.54) is 0 Å². The Kier molecular flexibility index (Phi) is 8.41. The Bertz CT molecular complexity index is 520. The van der Waals surface area contributed by atoms with Crippen LogP contribution in [-0.4, -0.2) is 36.8 Å². The largest absolute Gasteiger partial charge is 0.462 e. The standard InChI is InChI=1S/C14H20N2O2.C5H10O2/c1-14(7-9-15-10-8-14)16-13(17)18-11-12-5-3-2-4-6-12;1-5(2,3)7-4-6/h2-6,15H,7-11H2,1H3,(H,16,17);4H,1-3H3. The molecule has 6 heteroatoms. The minimum atomic E-state index is -0.330. The molecule has 2 rings (SSSR count). The molecule has 1 saturated heterocycles. The summed E-state index contributed by atoms with van der Waals surface area (Å²) >= 11 is 0. The number of ether oxygens (including phenoxy) is 2. The number of amides is 1. The monoisotopic (exact) mass is 350 g/mol. The van der Waals surface area contributed by atoms with E-state index in [2.05, 4.69) is 22.3 Å². The number of piperidine rings is 1. The highest BCUT2D eigenvalue weighted by molar-refractivity contribution is 5.68. The van der Waals surface area contributed by atoms with Crippen molar-refractivity contribution >= 4 is 12.6 Å². The molecule has 0 saturated carbocycles. The van der Waals surface area contributed by atoms with Crippen molar-refractivity contribution < 1.29 is 19.1 Å². The minimum Gasteiger partial charge on any atom is -0.462 e. The molecular weight excluding hydrogens is 320 g/mol. The maximum atomic E-state index is 11.7. The number of rotatable bonds is 4. The summed E-state index contributed by atoms with van der Waals surface area (Å²) < 4.78 is 9.77. The zero-order chi connectivity index (χ0) is 18.8. The van der Waals surface area contributed by atoms with Crippen LogP contribution in [-0.2, 0) is 20.9 Å². The van der Waals surface area contributed by atoms with Crippen LogP contribution in [0.25, 0.3) is 0 Å². The molecule has 1 aromatic rings. The molecule has 2 N–H and O–H groups in total. The second-order valence-electron chi connectivity index (χ2n) is 7.32. The van der Waals surface area contributed by atoms with Gasteiger partial charge in [-0.15, -0.1) is 0 Å². The zero-order valence-electron chi connectivity index (χ0n) is 15.6. The number of alkyl carbamates (subject to hydrolysis) is 1. The van der Waals surface area contributed by atoms with Crippen LogP contribution < -0.4 is 10.6 Å². The molecule has 1 aliphatic rings. The maximum absolute atomic E-state index is 11.7. The third kappa shape index (κ3) is 9.72. The van der Waals surface area contributed by atoms with Crippen molar-refractivity contribution in [2.45, 2.75) is 58.3 Å². The van der Waals surface area contributed by atoms with E-state index in [9.17, 15) is 9.59 Å². The van der Waals surface area contributed by atoms with E-state index in [0.29, 0.717) is 13.1 Å². The van der Waals surface area contributed by atoms with Gasteiger partial charge in [-0.25, -0.2) is 4.79 Å². The smallest absolute Gasteiger partial charge is 0.407 e. The van der Waals surface area contributed by atoms with E-state index in [1.807, 2.05) is 51.1 Å². The molecular formula is C19H30N2O4. The molecule has 0 aliphatic carbocycles. The van der Waals surface area contributed by atoms with Crippen LogP contribution in [0.3, 0.4) is 0 Å². The van der Waals surface area contributed by atoms with Crippen LogP contribution >= 0.6 is 0 Å². The zero-order valence-corrected chi connectivity index (χ0v) is 15.6. The van der Waals surface area contributed by atoms with Gasteiger partial charge in [0.2, 0.25) is 0 Å². The SMILES string of the molecule is CC(C)(C)OC=O.CC1(NC(=O)OCc2ccccc2)CCNCC1. The average Bonchev–Trinajstić information content (AvgIpc) is 2.54. The first-order valence-corrected chi connectivity index (χ1v) is 8.55. The summed E-state index contributed by atoms with van der Waals surface area (Å²) in [6, 6.07) is 9.70. The molecule has 1 aromatic carbocycles. The van der Waals surface area contributed by atoms with Gasteiger partial charge in [-0.05, 0) is 59.2 Å². The van der Waals surface area contributed by atoms with E-state index >= 15 is 0 Å². The third-order valence-corrected chi connectivity index (χ3v) is 3.73. The normalized spacial score (nSPS) is 16.0. The lowest BCUT2D eigenvalue weighted by Gasteiger charge is -2.34. The average molecular weight is 350 g/mol. The van der Waals surface area contributed by atoms with Crippen LogP contribution in [0.2, 0.25) is 0 Å². The van der Waals surface area contributed by atoms with Crippen LogP contribution in [0, 0.1) is 0 Å². The van der Waals surface area contributed by atoms with Gasteiger partial charge in [0.1, 0.15) is 12.2 Å². The molecule has 1 heterocycles. The first-order chi connectivity index (χ1) is 11.7. The van der Waals surface area contributed by atoms with E-state index in [-0.39, 0.29) is 17.2 Å². The topological polar surface area (TPSA) is 76.7 Å². The number of hydrogen-bond donors (Lipinski definition) is 2. The van der Waals surface area contributed by atoms with Gasteiger partial charge in [0.25, 0.3) is 6.47 Å². The van der Waals surface area contributed by atoms with Crippen molar-refractivity contribution in [3.63, 3.8) is 0 Å². The molecule has 1 aliphatic heterocycles. The second-order valence-corrected chi connectivity index (χ2v) is 7.32. The highest BCUT2D eigenvalue weighted by Gasteiger charge is 2.28. The Labute approximate surface area is 150 Å². The summed E-state index contributed by atoms with van der Waals surface area (Å²) in [5.41, 5.74) is 0.545. The van der Waals surface area contributed by atoms with Gasteiger partial charge in [-0.2, -0.15) is 0 Å². The van der Waals surface area contributed by atoms with Gasteiger partial charge in [-0.3, -0.25) is 4.79 Å². The van der Waals surface area contributed by atoms with Gasteiger partial charge < -0.3 is 20.1 Å². The molecule has 0 aromatic heterocycles. The van der Waals surface area contributed by atoms with E-state index in [1.54, 1.807) is 0 Å². The fourth-order valence-electron chi connectivity index (χ4n) is 2.25. The van der Waals surface area contributed by atoms with Crippen molar-refractivity contribution in [3.8, 4) is 0 Å². The molecule has 0 radical (unpaired) electrons. The van der Waals surface area contributed by atoms with Crippen molar-refractivity contribution in [2.24, 2.45) is 0 Å². The highest BCUT2D eigenvalue weighted by atomic mass is 16.5. The number of hydrogen-bond acceptors (Lipinski definition) is 5. The van der Waals surface area contributed by atoms with Crippen LogP contribution in [0.4, 0.5) is 4.79 Å². The summed E-state index contributed by atoms with van der Waals surface area (Å²) in [5.74, 6) is 0. The van der Waals surface area contributed by atoms with Crippen LogP contribution in [0.1, 0.15) is 46.1 Å². The Morgan fingerprint density at radius 3 is 2.32 bits per heavy atom.